The molecule has 0 saturated carbocycles. The van der Waals surface area contributed by atoms with E-state index in [-0.39, 0.29) is 23.4 Å². The zero-order chi connectivity index (χ0) is 20.3. The summed E-state index contributed by atoms with van der Waals surface area (Å²) in [4.78, 5) is 16.0. The largest absolute Gasteiger partial charge is 0.471 e. The summed E-state index contributed by atoms with van der Waals surface area (Å²) in [5.74, 6) is -1.39. The van der Waals surface area contributed by atoms with Gasteiger partial charge in [0, 0.05) is 18.6 Å². The first kappa shape index (κ1) is 18.5. The van der Waals surface area contributed by atoms with Crippen LogP contribution in [0.15, 0.2) is 71.6 Å². The Labute approximate surface area is 162 Å². The van der Waals surface area contributed by atoms with Crippen molar-refractivity contribution >= 4 is 5.95 Å². The van der Waals surface area contributed by atoms with Crippen LogP contribution in [0.4, 0.5) is 19.1 Å². The summed E-state index contributed by atoms with van der Waals surface area (Å²) < 4.78 is 42.0. The van der Waals surface area contributed by atoms with E-state index in [1.807, 2.05) is 48.5 Å². The monoisotopic (exact) mass is 398 g/mol. The van der Waals surface area contributed by atoms with E-state index in [0.29, 0.717) is 0 Å². The highest BCUT2D eigenvalue weighted by Crippen LogP contribution is 2.29. The molecule has 4 rings (SSSR count). The van der Waals surface area contributed by atoms with Crippen LogP contribution in [0.5, 0.6) is 0 Å². The number of aromatic nitrogens is 5. The summed E-state index contributed by atoms with van der Waals surface area (Å²) in [5, 5.41) is 6.51. The second-order valence-electron chi connectivity index (χ2n) is 5.96. The molecule has 1 unspecified atom stereocenters. The molecule has 0 bridgehead atoms. The third kappa shape index (κ3) is 4.21. The Morgan fingerprint density at radius 2 is 1.62 bits per heavy atom. The lowest BCUT2D eigenvalue weighted by Gasteiger charge is -2.18. The number of hydrogen-bond acceptors (Lipinski definition) is 7. The van der Waals surface area contributed by atoms with Crippen molar-refractivity contribution in [2.24, 2.45) is 0 Å². The molecule has 0 amide bonds. The average molecular weight is 398 g/mol. The van der Waals surface area contributed by atoms with Gasteiger partial charge in [-0.3, -0.25) is 4.98 Å². The number of nitrogens with zero attached hydrogens (tertiary/aromatic N) is 5. The van der Waals surface area contributed by atoms with Gasteiger partial charge in [-0.2, -0.15) is 18.2 Å². The molecule has 7 nitrogen and oxygen atoms in total. The van der Waals surface area contributed by atoms with Gasteiger partial charge in [0.05, 0.1) is 17.3 Å². The number of hydrogen-bond donors (Lipinski definition) is 1. The van der Waals surface area contributed by atoms with Crippen molar-refractivity contribution in [3.63, 3.8) is 0 Å². The fourth-order valence-electron chi connectivity index (χ4n) is 2.62. The summed E-state index contributed by atoms with van der Waals surface area (Å²) in [6.07, 6.45) is -0.383. The first-order valence-electron chi connectivity index (χ1n) is 8.46. The van der Waals surface area contributed by atoms with Crippen molar-refractivity contribution < 1.29 is 17.7 Å². The van der Waals surface area contributed by atoms with Gasteiger partial charge >= 0.3 is 12.1 Å². The van der Waals surface area contributed by atoms with Crippen LogP contribution < -0.4 is 5.32 Å². The lowest BCUT2D eigenvalue weighted by atomic mass is 10.0. The highest BCUT2D eigenvalue weighted by molar-refractivity contribution is 5.52. The number of halogens is 3. The zero-order valence-corrected chi connectivity index (χ0v) is 14.7. The number of alkyl halides is 3. The van der Waals surface area contributed by atoms with E-state index in [4.69, 9.17) is 0 Å². The summed E-state index contributed by atoms with van der Waals surface area (Å²) in [5.41, 5.74) is 1.91. The van der Waals surface area contributed by atoms with E-state index in [2.05, 4.69) is 34.9 Å². The van der Waals surface area contributed by atoms with Crippen LogP contribution in [0, 0.1) is 0 Å². The normalized spacial score (nSPS) is 12.5. The van der Waals surface area contributed by atoms with Crippen LogP contribution in [-0.2, 0) is 6.18 Å². The molecule has 29 heavy (non-hydrogen) atoms. The van der Waals surface area contributed by atoms with Gasteiger partial charge in [0.2, 0.25) is 11.8 Å². The van der Waals surface area contributed by atoms with Crippen molar-refractivity contribution in [2.75, 3.05) is 5.32 Å². The van der Waals surface area contributed by atoms with Crippen LogP contribution in [0.2, 0.25) is 0 Å². The molecule has 4 aromatic rings. The van der Waals surface area contributed by atoms with E-state index in [1.165, 1.54) is 12.4 Å². The number of nitrogens with one attached hydrogen (secondary N) is 1. The minimum Gasteiger partial charge on any atom is -0.342 e. The smallest absolute Gasteiger partial charge is 0.342 e. The van der Waals surface area contributed by atoms with Gasteiger partial charge in [-0.25, -0.2) is 9.97 Å². The van der Waals surface area contributed by atoms with E-state index in [9.17, 15) is 13.2 Å². The van der Waals surface area contributed by atoms with E-state index in [0.717, 1.165) is 11.3 Å². The molecule has 0 spiro atoms. The molecule has 3 heterocycles. The molecule has 0 aliphatic heterocycles. The Balaban J connectivity index is 1.58. The maximum absolute atomic E-state index is 12.6. The molecule has 0 aliphatic carbocycles. The summed E-state index contributed by atoms with van der Waals surface area (Å²) in [6, 6.07) is 14.9. The van der Waals surface area contributed by atoms with Gasteiger partial charge in [-0.1, -0.05) is 41.6 Å². The van der Waals surface area contributed by atoms with E-state index >= 15 is 0 Å². The number of anilines is 1. The van der Waals surface area contributed by atoms with Crippen LogP contribution in [-0.4, -0.2) is 25.1 Å². The fraction of sp³-hybridized carbons (Fsp3) is 0.105. The Hall–Kier alpha value is -3.82. The van der Waals surface area contributed by atoms with Gasteiger partial charge in [0.25, 0.3) is 0 Å². The number of benzene rings is 1. The molecule has 1 aromatic carbocycles. The topological polar surface area (TPSA) is 89.6 Å². The van der Waals surface area contributed by atoms with Crippen molar-refractivity contribution in [3.8, 4) is 11.4 Å². The molecule has 0 fully saturated rings. The summed E-state index contributed by atoms with van der Waals surface area (Å²) >= 11 is 0. The van der Waals surface area contributed by atoms with Crippen LogP contribution in [0.25, 0.3) is 11.4 Å². The predicted octanol–water partition coefficient (Wildman–Crippen LogP) is 4.14. The molecule has 146 valence electrons. The third-order valence-corrected chi connectivity index (χ3v) is 3.97. The van der Waals surface area contributed by atoms with Gasteiger partial charge < -0.3 is 9.84 Å². The molecule has 1 atom stereocenters. The SMILES string of the molecule is FC(F)(F)c1nc(-c2cnc(NC(c3ccccc3)c3ccccn3)nc2)no1. The lowest BCUT2D eigenvalue weighted by molar-refractivity contribution is -0.159. The van der Waals surface area contributed by atoms with Gasteiger partial charge in [0.15, 0.2) is 0 Å². The maximum atomic E-state index is 12.6. The molecule has 0 saturated heterocycles. The second kappa shape index (κ2) is 7.66. The van der Waals surface area contributed by atoms with Crippen LogP contribution >= 0.6 is 0 Å². The van der Waals surface area contributed by atoms with Crippen LogP contribution in [0.3, 0.4) is 0 Å². The molecule has 10 heteroatoms. The Bertz CT molecular complexity index is 1030. The Morgan fingerprint density at radius 3 is 2.24 bits per heavy atom. The Morgan fingerprint density at radius 1 is 0.897 bits per heavy atom. The van der Waals surface area contributed by atoms with Crippen LogP contribution in [0.1, 0.15) is 23.2 Å². The minimum absolute atomic E-state index is 0.198. The summed E-state index contributed by atoms with van der Waals surface area (Å²) in [7, 11) is 0. The van der Waals surface area contributed by atoms with Crippen molar-refractivity contribution in [1.29, 1.82) is 0 Å². The number of pyridine rings is 1. The Kier molecular flexibility index (Phi) is 4.90. The van der Waals surface area contributed by atoms with Gasteiger partial charge in [-0.05, 0) is 17.7 Å². The van der Waals surface area contributed by atoms with Gasteiger partial charge in [0.1, 0.15) is 0 Å². The molecule has 0 radical (unpaired) electrons. The molecule has 0 aliphatic rings. The summed E-state index contributed by atoms with van der Waals surface area (Å²) in [6.45, 7) is 0. The van der Waals surface area contributed by atoms with Crippen molar-refractivity contribution in [2.45, 2.75) is 12.2 Å². The quantitative estimate of drug-likeness (QED) is 0.540. The second-order valence-corrected chi connectivity index (χ2v) is 5.96. The lowest BCUT2D eigenvalue weighted by Crippen LogP contribution is -2.15. The highest BCUT2D eigenvalue weighted by Gasteiger charge is 2.38. The minimum atomic E-state index is -4.71. The van der Waals surface area contributed by atoms with E-state index < -0.39 is 12.1 Å². The molecular formula is C19H13F3N6O. The highest BCUT2D eigenvalue weighted by atomic mass is 19.4. The third-order valence-electron chi connectivity index (χ3n) is 3.97. The number of rotatable bonds is 5. The standard InChI is InChI=1S/C19H13F3N6O/c20-19(21,22)17-27-16(28-29-17)13-10-24-18(25-11-13)26-15(12-6-2-1-3-7-12)14-8-4-5-9-23-14/h1-11,15H,(H,24,25,26). The maximum Gasteiger partial charge on any atom is 0.471 e. The fourth-order valence-corrected chi connectivity index (χ4v) is 2.62. The van der Waals surface area contributed by atoms with Crippen molar-refractivity contribution in [1.82, 2.24) is 25.1 Å². The van der Waals surface area contributed by atoms with Crippen molar-refractivity contribution in [3.05, 3.63) is 84.3 Å². The first-order chi connectivity index (χ1) is 14.0. The predicted molar refractivity (Wildman–Crippen MR) is 96.5 cm³/mol. The van der Waals surface area contributed by atoms with E-state index in [1.54, 1.807) is 6.20 Å². The molecule has 3 aromatic heterocycles. The first-order valence-corrected chi connectivity index (χ1v) is 8.46. The molecule has 1 N–H and O–H groups in total. The molecular weight excluding hydrogens is 385 g/mol. The average Bonchev–Trinajstić information content (AvgIpc) is 3.25. The zero-order valence-electron chi connectivity index (χ0n) is 14.7. The van der Waals surface area contributed by atoms with Gasteiger partial charge in [-0.15, -0.1) is 0 Å².